The third-order valence-corrected chi connectivity index (χ3v) is 6.99. The molecule has 0 aromatic rings. The molecule has 3 atom stereocenters. The summed E-state index contributed by atoms with van der Waals surface area (Å²) >= 11 is 0. The second-order valence-corrected chi connectivity index (χ2v) is 10.1. The monoisotopic (exact) mass is 357 g/mol. The summed E-state index contributed by atoms with van der Waals surface area (Å²) in [6.45, 7) is 5.78. The van der Waals surface area contributed by atoms with E-state index in [0.29, 0.717) is 42.2 Å². The molecule has 3 unspecified atom stereocenters. The van der Waals surface area contributed by atoms with Crippen LogP contribution < -0.4 is 10.6 Å². The topological polar surface area (TPSA) is 79.8 Å². The smallest absolute Gasteiger partial charge is 0.191 e. The van der Waals surface area contributed by atoms with Crippen molar-refractivity contribution in [3.63, 3.8) is 0 Å². The van der Waals surface area contributed by atoms with Crippen LogP contribution in [0.4, 0.5) is 0 Å². The van der Waals surface area contributed by atoms with Gasteiger partial charge in [-0.05, 0) is 43.9 Å². The lowest BCUT2D eigenvalue weighted by atomic mass is 9.95. The molecule has 0 aromatic carbocycles. The van der Waals surface area contributed by atoms with Gasteiger partial charge in [-0.25, -0.2) is 8.42 Å². The number of rotatable bonds is 5. The summed E-state index contributed by atoms with van der Waals surface area (Å²) in [6.07, 6.45) is 5.43. The zero-order valence-electron chi connectivity index (χ0n) is 14.8. The lowest BCUT2D eigenvalue weighted by Crippen LogP contribution is -2.48. The molecule has 3 rings (SSSR count). The fourth-order valence-electron chi connectivity index (χ4n) is 3.41. The Kier molecular flexibility index (Phi) is 5.70. The van der Waals surface area contributed by atoms with Gasteiger partial charge in [-0.15, -0.1) is 0 Å². The third kappa shape index (κ3) is 5.34. The molecule has 0 bridgehead atoms. The van der Waals surface area contributed by atoms with Crippen LogP contribution in [0.1, 0.15) is 46.0 Å². The molecule has 1 saturated carbocycles. The Balaban J connectivity index is 1.56. The molecular weight excluding hydrogens is 326 g/mol. The summed E-state index contributed by atoms with van der Waals surface area (Å²) in [5, 5.41) is 7.04. The van der Waals surface area contributed by atoms with E-state index in [0.717, 1.165) is 31.8 Å². The van der Waals surface area contributed by atoms with Crippen molar-refractivity contribution in [3.05, 3.63) is 0 Å². The first-order valence-corrected chi connectivity index (χ1v) is 11.1. The summed E-state index contributed by atoms with van der Waals surface area (Å²) in [4.78, 5) is 4.70. The van der Waals surface area contributed by atoms with E-state index in [1.54, 1.807) is 0 Å². The van der Waals surface area contributed by atoms with Crippen molar-refractivity contribution in [1.82, 2.24) is 10.6 Å². The van der Waals surface area contributed by atoms with Gasteiger partial charge in [0.25, 0.3) is 0 Å². The quantitative estimate of drug-likeness (QED) is 0.573. The Bertz CT molecular complexity index is 557. The second kappa shape index (κ2) is 7.60. The zero-order valence-corrected chi connectivity index (χ0v) is 15.6. The number of sulfone groups is 1. The minimum absolute atomic E-state index is 0.172. The molecular formula is C17H31N3O3S. The molecule has 0 radical (unpaired) electrons. The standard InChI is InChI=1S/C17H31N3O3S/c1-12(2)16-9-15(5-7-23-16)20-17(19-14-3-4-14)18-10-13-6-8-24(21,22)11-13/h12-16H,3-11H2,1-2H3,(H2,18,19,20). The van der Waals surface area contributed by atoms with E-state index in [-0.39, 0.29) is 5.92 Å². The van der Waals surface area contributed by atoms with E-state index in [9.17, 15) is 8.42 Å². The molecule has 0 spiro atoms. The third-order valence-electron chi connectivity index (χ3n) is 5.15. The Labute approximate surface area is 145 Å². The van der Waals surface area contributed by atoms with Crippen molar-refractivity contribution in [2.45, 2.75) is 64.1 Å². The minimum Gasteiger partial charge on any atom is -0.378 e. The number of nitrogens with one attached hydrogen (secondary N) is 2. The van der Waals surface area contributed by atoms with E-state index >= 15 is 0 Å². The number of ether oxygens (including phenoxy) is 1. The molecule has 2 saturated heterocycles. The lowest BCUT2D eigenvalue weighted by molar-refractivity contribution is -0.0217. The SMILES string of the molecule is CC(C)C1CC(NC(=NCC2CCS(=O)(=O)C2)NC2CC2)CCO1. The van der Waals surface area contributed by atoms with Crippen LogP contribution in [0.25, 0.3) is 0 Å². The van der Waals surface area contributed by atoms with Crippen LogP contribution in [0.2, 0.25) is 0 Å². The van der Waals surface area contributed by atoms with Crippen molar-refractivity contribution < 1.29 is 13.2 Å². The summed E-state index contributed by atoms with van der Waals surface area (Å²) < 4.78 is 29.0. The van der Waals surface area contributed by atoms with E-state index in [2.05, 4.69) is 24.5 Å². The predicted octanol–water partition coefficient (Wildman–Crippen LogP) is 1.32. The van der Waals surface area contributed by atoms with E-state index in [1.165, 1.54) is 12.8 Å². The first-order chi connectivity index (χ1) is 11.4. The normalized spacial score (nSPS) is 33.6. The van der Waals surface area contributed by atoms with Gasteiger partial charge in [-0.1, -0.05) is 13.8 Å². The highest BCUT2D eigenvalue weighted by molar-refractivity contribution is 7.91. The fourth-order valence-corrected chi connectivity index (χ4v) is 5.26. The molecule has 0 aromatic heterocycles. The highest BCUT2D eigenvalue weighted by Gasteiger charge is 2.30. The van der Waals surface area contributed by atoms with Crippen molar-refractivity contribution in [1.29, 1.82) is 0 Å². The van der Waals surface area contributed by atoms with Crippen molar-refractivity contribution in [2.24, 2.45) is 16.8 Å². The Morgan fingerprint density at radius 1 is 1.17 bits per heavy atom. The minimum atomic E-state index is -2.82. The highest BCUT2D eigenvalue weighted by atomic mass is 32.2. The molecule has 24 heavy (non-hydrogen) atoms. The molecule has 3 aliphatic rings. The zero-order chi connectivity index (χ0) is 17.2. The van der Waals surface area contributed by atoms with E-state index in [1.807, 2.05) is 0 Å². The van der Waals surface area contributed by atoms with Crippen molar-refractivity contribution in [2.75, 3.05) is 24.7 Å². The van der Waals surface area contributed by atoms with Gasteiger partial charge < -0.3 is 15.4 Å². The maximum Gasteiger partial charge on any atom is 0.191 e. The van der Waals surface area contributed by atoms with Crippen molar-refractivity contribution >= 4 is 15.8 Å². The summed E-state index contributed by atoms with van der Waals surface area (Å²) in [5.74, 6) is 2.17. The molecule has 0 amide bonds. The fraction of sp³-hybridized carbons (Fsp3) is 0.941. The maximum atomic E-state index is 11.6. The van der Waals surface area contributed by atoms with Crippen LogP contribution in [-0.2, 0) is 14.6 Å². The molecule has 2 aliphatic heterocycles. The Morgan fingerprint density at radius 3 is 2.54 bits per heavy atom. The van der Waals surface area contributed by atoms with Gasteiger partial charge in [0.2, 0.25) is 0 Å². The van der Waals surface area contributed by atoms with Gasteiger partial charge in [0.05, 0.1) is 17.6 Å². The summed E-state index contributed by atoms with van der Waals surface area (Å²) in [5.41, 5.74) is 0. The van der Waals surface area contributed by atoms with Crippen molar-refractivity contribution in [3.8, 4) is 0 Å². The summed E-state index contributed by atoms with van der Waals surface area (Å²) in [7, 11) is -2.82. The number of hydrogen-bond acceptors (Lipinski definition) is 4. The van der Waals surface area contributed by atoms with Gasteiger partial charge in [-0.2, -0.15) is 0 Å². The van der Waals surface area contributed by atoms with Gasteiger partial charge in [0, 0.05) is 25.2 Å². The van der Waals surface area contributed by atoms with Gasteiger partial charge in [0.15, 0.2) is 15.8 Å². The molecule has 2 N–H and O–H groups in total. The Hall–Kier alpha value is -0.820. The molecule has 2 heterocycles. The first kappa shape index (κ1) is 18.0. The molecule has 1 aliphatic carbocycles. The van der Waals surface area contributed by atoms with Crippen LogP contribution >= 0.6 is 0 Å². The average molecular weight is 358 g/mol. The van der Waals surface area contributed by atoms with Gasteiger partial charge in [-0.3, -0.25) is 4.99 Å². The molecule has 7 heteroatoms. The number of hydrogen-bond donors (Lipinski definition) is 2. The van der Waals surface area contributed by atoms with E-state index in [4.69, 9.17) is 9.73 Å². The molecule has 6 nitrogen and oxygen atoms in total. The molecule has 3 fully saturated rings. The van der Waals surface area contributed by atoms with Crippen LogP contribution in [0.5, 0.6) is 0 Å². The summed E-state index contributed by atoms with van der Waals surface area (Å²) in [6, 6.07) is 0.910. The second-order valence-electron chi connectivity index (χ2n) is 7.90. The lowest BCUT2D eigenvalue weighted by Gasteiger charge is -2.33. The number of nitrogens with zero attached hydrogens (tertiary/aromatic N) is 1. The molecule has 138 valence electrons. The van der Waals surface area contributed by atoms with Crippen LogP contribution in [0.3, 0.4) is 0 Å². The van der Waals surface area contributed by atoms with Gasteiger partial charge in [0.1, 0.15) is 0 Å². The first-order valence-electron chi connectivity index (χ1n) is 9.31. The average Bonchev–Trinajstić information content (AvgIpc) is 3.27. The van der Waals surface area contributed by atoms with Crippen LogP contribution in [-0.4, -0.2) is 57.2 Å². The van der Waals surface area contributed by atoms with Crippen LogP contribution in [0, 0.1) is 11.8 Å². The Morgan fingerprint density at radius 2 is 1.92 bits per heavy atom. The number of aliphatic imine (C=N–C) groups is 1. The van der Waals surface area contributed by atoms with E-state index < -0.39 is 9.84 Å². The van der Waals surface area contributed by atoms with Crippen LogP contribution in [0.15, 0.2) is 4.99 Å². The predicted molar refractivity (Wildman–Crippen MR) is 96.0 cm³/mol. The highest BCUT2D eigenvalue weighted by Crippen LogP contribution is 2.22. The van der Waals surface area contributed by atoms with Gasteiger partial charge >= 0.3 is 0 Å². The largest absolute Gasteiger partial charge is 0.378 e. The maximum absolute atomic E-state index is 11.6. The number of guanidine groups is 1.